The minimum absolute atomic E-state index is 0.0747. The van der Waals surface area contributed by atoms with Crippen molar-refractivity contribution in [3.8, 4) is 5.75 Å². The van der Waals surface area contributed by atoms with Gasteiger partial charge in [0.2, 0.25) is 0 Å². The van der Waals surface area contributed by atoms with Gasteiger partial charge >= 0.3 is 0 Å². The van der Waals surface area contributed by atoms with Crippen molar-refractivity contribution in [3.63, 3.8) is 0 Å². The minimum Gasteiger partial charge on any atom is -0.480 e. The second kappa shape index (κ2) is 8.94. The molecule has 2 aliphatic heterocycles. The molecule has 0 aliphatic carbocycles. The van der Waals surface area contributed by atoms with E-state index in [-0.39, 0.29) is 17.6 Å². The predicted molar refractivity (Wildman–Crippen MR) is 124 cm³/mol. The van der Waals surface area contributed by atoms with Crippen molar-refractivity contribution in [3.05, 3.63) is 89.7 Å². The third-order valence-corrected chi connectivity index (χ3v) is 6.08. The number of para-hydroxylation sites is 1. The van der Waals surface area contributed by atoms with Gasteiger partial charge in [-0.3, -0.25) is 9.59 Å². The van der Waals surface area contributed by atoms with E-state index in [1.54, 1.807) is 41.3 Å². The van der Waals surface area contributed by atoms with Crippen molar-refractivity contribution in [2.24, 2.45) is 0 Å². The van der Waals surface area contributed by atoms with Gasteiger partial charge in [-0.25, -0.2) is 4.39 Å². The molecule has 5 rings (SSSR count). The number of nitrogens with one attached hydrogen (secondary N) is 1. The van der Waals surface area contributed by atoms with Crippen molar-refractivity contribution in [2.45, 2.75) is 12.5 Å². The zero-order chi connectivity index (χ0) is 22.8. The Morgan fingerprint density at radius 1 is 0.909 bits per heavy atom. The lowest BCUT2D eigenvalue weighted by Gasteiger charge is -2.36. The van der Waals surface area contributed by atoms with E-state index in [0.717, 1.165) is 17.0 Å². The number of rotatable bonds is 4. The fourth-order valence-electron chi connectivity index (χ4n) is 4.28. The number of anilines is 2. The molecule has 0 aromatic heterocycles. The number of ether oxygens (including phenoxy) is 1. The average molecular weight is 445 g/mol. The summed E-state index contributed by atoms with van der Waals surface area (Å²) in [6.07, 6.45) is -0.0554. The Balaban J connectivity index is 1.19. The van der Waals surface area contributed by atoms with Crippen molar-refractivity contribution in [1.82, 2.24) is 4.90 Å². The van der Waals surface area contributed by atoms with Crippen LogP contribution in [0.15, 0.2) is 72.8 Å². The van der Waals surface area contributed by atoms with E-state index in [2.05, 4.69) is 10.2 Å². The molecule has 33 heavy (non-hydrogen) atoms. The fourth-order valence-corrected chi connectivity index (χ4v) is 4.28. The summed E-state index contributed by atoms with van der Waals surface area (Å²) >= 11 is 0. The average Bonchev–Trinajstić information content (AvgIpc) is 3.29. The van der Waals surface area contributed by atoms with Gasteiger partial charge in [0.05, 0.1) is 0 Å². The maximum atomic E-state index is 13.2. The first-order valence-corrected chi connectivity index (χ1v) is 11.0. The zero-order valence-electron chi connectivity index (χ0n) is 18.0. The summed E-state index contributed by atoms with van der Waals surface area (Å²) in [6, 6.07) is 21.0. The third-order valence-electron chi connectivity index (χ3n) is 6.08. The SMILES string of the molecule is O=C(Nc1cccc(C(=O)N2CCN(c3ccc(F)cc3)CC2)c1)C1Cc2ccccc2O1. The summed E-state index contributed by atoms with van der Waals surface area (Å²) in [4.78, 5) is 29.7. The van der Waals surface area contributed by atoms with Gasteiger partial charge in [0.25, 0.3) is 11.8 Å². The highest BCUT2D eigenvalue weighted by atomic mass is 19.1. The molecule has 7 heteroatoms. The molecule has 1 atom stereocenters. The van der Waals surface area contributed by atoms with Crippen LogP contribution in [0, 0.1) is 5.82 Å². The van der Waals surface area contributed by atoms with Crippen molar-refractivity contribution in [1.29, 1.82) is 0 Å². The molecule has 0 saturated carbocycles. The van der Waals surface area contributed by atoms with Crippen LogP contribution in [0.25, 0.3) is 0 Å². The van der Waals surface area contributed by atoms with E-state index < -0.39 is 6.10 Å². The molecule has 1 N–H and O–H groups in total. The first-order valence-electron chi connectivity index (χ1n) is 11.0. The van der Waals surface area contributed by atoms with Crippen LogP contribution in [0.2, 0.25) is 0 Å². The lowest BCUT2D eigenvalue weighted by Crippen LogP contribution is -2.48. The van der Waals surface area contributed by atoms with Crippen LogP contribution in [-0.4, -0.2) is 49.0 Å². The molecular formula is C26H24FN3O3. The van der Waals surface area contributed by atoms with E-state index in [1.165, 1.54) is 12.1 Å². The quantitative estimate of drug-likeness (QED) is 0.665. The van der Waals surface area contributed by atoms with E-state index in [0.29, 0.717) is 43.9 Å². The van der Waals surface area contributed by atoms with Crippen LogP contribution in [0.3, 0.4) is 0 Å². The number of benzene rings is 3. The summed E-state index contributed by atoms with van der Waals surface area (Å²) in [6.45, 7) is 2.49. The lowest BCUT2D eigenvalue weighted by atomic mass is 10.1. The van der Waals surface area contributed by atoms with Gasteiger partial charge in [-0.2, -0.15) is 0 Å². The zero-order valence-corrected chi connectivity index (χ0v) is 18.0. The Morgan fingerprint density at radius 2 is 1.67 bits per heavy atom. The van der Waals surface area contributed by atoms with Gasteiger partial charge in [0, 0.05) is 49.5 Å². The summed E-state index contributed by atoms with van der Waals surface area (Å²) in [5.41, 5.74) is 3.06. The van der Waals surface area contributed by atoms with Gasteiger partial charge in [-0.05, 0) is 54.1 Å². The van der Waals surface area contributed by atoms with Crippen LogP contribution in [0.4, 0.5) is 15.8 Å². The monoisotopic (exact) mass is 445 g/mol. The molecule has 2 aliphatic rings. The highest BCUT2D eigenvalue weighted by Gasteiger charge is 2.29. The maximum absolute atomic E-state index is 13.2. The third kappa shape index (κ3) is 4.53. The van der Waals surface area contributed by atoms with Gasteiger partial charge < -0.3 is 19.9 Å². The summed E-state index contributed by atoms with van der Waals surface area (Å²) < 4.78 is 18.9. The Morgan fingerprint density at radius 3 is 2.42 bits per heavy atom. The molecule has 3 aromatic rings. The predicted octanol–water partition coefficient (Wildman–Crippen LogP) is 3.73. The summed E-state index contributed by atoms with van der Waals surface area (Å²) in [5, 5.41) is 2.88. The molecule has 6 nitrogen and oxygen atoms in total. The molecule has 0 bridgehead atoms. The standard InChI is InChI=1S/C26H24FN3O3/c27-20-8-10-22(11-9-20)29-12-14-30(15-13-29)26(32)19-5-3-6-21(16-19)28-25(31)24-17-18-4-1-2-7-23(18)33-24/h1-11,16,24H,12-15,17H2,(H,28,31). The van der Waals surface area contributed by atoms with Crippen LogP contribution >= 0.6 is 0 Å². The molecule has 1 unspecified atom stereocenters. The van der Waals surface area contributed by atoms with E-state index in [1.807, 2.05) is 24.3 Å². The van der Waals surface area contributed by atoms with Crippen molar-refractivity contribution < 1.29 is 18.7 Å². The van der Waals surface area contributed by atoms with Crippen LogP contribution in [0.1, 0.15) is 15.9 Å². The maximum Gasteiger partial charge on any atom is 0.265 e. The second-order valence-electron chi connectivity index (χ2n) is 8.24. The summed E-state index contributed by atoms with van der Waals surface area (Å²) in [5.74, 6) is 0.169. The molecule has 0 radical (unpaired) electrons. The van der Waals surface area contributed by atoms with Crippen LogP contribution in [-0.2, 0) is 11.2 Å². The minimum atomic E-state index is -0.582. The largest absolute Gasteiger partial charge is 0.480 e. The second-order valence-corrected chi connectivity index (χ2v) is 8.24. The van der Waals surface area contributed by atoms with E-state index in [9.17, 15) is 14.0 Å². The lowest BCUT2D eigenvalue weighted by molar-refractivity contribution is -0.122. The highest BCUT2D eigenvalue weighted by molar-refractivity contribution is 5.98. The Kier molecular flexibility index (Phi) is 5.69. The number of nitrogens with zero attached hydrogens (tertiary/aromatic N) is 2. The number of hydrogen-bond donors (Lipinski definition) is 1. The number of carbonyl (C=O) groups is 2. The highest BCUT2D eigenvalue weighted by Crippen LogP contribution is 2.29. The van der Waals surface area contributed by atoms with Crippen molar-refractivity contribution >= 4 is 23.2 Å². The van der Waals surface area contributed by atoms with Crippen molar-refractivity contribution in [2.75, 3.05) is 36.4 Å². The fraction of sp³-hybridized carbons (Fsp3) is 0.231. The number of amides is 2. The van der Waals surface area contributed by atoms with E-state index in [4.69, 9.17) is 4.74 Å². The number of fused-ring (bicyclic) bond motifs is 1. The Labute approximate surface area is 191 Å². The van der Waals surface area contributed by atoms with Gasteiger partial charge in [0.15, 0.2) is 6.10 Å². The molecule has 0 spiro atoms. The number of hydrogen-bond acceptors (Lipinski definition) is 4. The van der Waals surface area contributed by atoms with Crippen LogP contribution < -0.4 is 15.0 Å². The molecule has 1 saturated heterocycles. The normalized spacial score (nSPS) is 17.3. The van der Waals surface area contributed by atoms with Crippen LogP contribution in [0.5, 0.6) is 5.75 Å². The molecule has 2 heterocycles. The summed E-state index contributed by atoms with van der Waals surface area (Å²) in [7, 11) is 0. The molecular weight excluding hydrogens is 421 g/mol. The Hall–Kier alpha value is -3.87. The van der Waals surface area contributed by atoms with Gasteiger partial charge in [-0.15, -0.1) is 0 Å². The number of carbonyl (C=O) groups excluding carboxylic acids is 2. The first kappa shape index (κ1) is 21.0. The van der Waals surface area contributed by atoms with Gasteiger partial charge in [-0.1, -0.05) is 24.3 Å². The first-order chi connectivity index (χ1) is 16.1. The topological polar surface area (TPSA) is 61.9 Å². The number of piperazine rings is 1. The molecule has 3 aromatic carbocycles. The van der Waals surface area contributed by atoms with E-state index >= 15 is 0 Å². The molecule has 1 fully saturated rings. The molecule has 168 valence electrons. The Bertz CT molecular complexity index is 1150. The number of halogens is 1. The molecule has 2 amide bonds. The smallest absolute Gasteiger partial charge is 0.265 e. The van der Waals surface area contributed by atoms with Gasteiger partial charge in [0.1, 0.15) is 11.6 Å².